The van der Waals surface area contributed by atoms with Crippen molar-refractivity contribution in [2.24, 2.45) is 5.10 Å². The third-order valence-corrected chi connectivity index (χ3v) is 4.17. The predicted molar refractivity (Wildman–Crippen MR) is 102 cm³/mol. The molecule has 2 aromatic carbocycles. The zero-order valence-corrected chi connectivity index (χ0v) is 15.2. The second-order valence-corrected chi connectivity index (χ2v) is 6.11. The van der Waals surface area contributed by atoms with Gasteiger partial charge in [0.15, 0.2) is 5.69 Å². The van der Waals surface area contributed by atoms with Gasteiger partial charge in [0.1, 0.15) is 11.6 Å². The quantitative estimate of drug-likeness (QED) is 0.524. The van der Waals surface area contributed by atoms with E-state index in [2.05, 4.69) is 15.6 Å². The lowest BCUT2D eigenvalue weighted by atomic mass is 10.1. The predicted octanol–water partition coefficient (Wildman–Crippen LogP) is 3.24. The normalized spacial score (nSPS) is 11.2. The molecule has 144 valence electrons. The number of benzene rings is 2. The molecule has 0 saturated carbocycles. The second kappa shape index (κ2) is 8.51. The first-order valence-corrected chi connectivity index (χ1v) is 8.80. The van der Waals surface area contributed by atoms with E-state index in [1.165, 1.54) is 10.7 Å². The first kappa shape index (κ1) is 19.3. The number of carbonyl (C=O) groups excluding carboxylic acids is 1. The van der Waals surface area contributed by atoms with Crippen LogP contribution in [0.15, 0.2) is 52.4 Å². The Morgan fingerprint density at radius 3 is 2.50 bits per heavy atom. The van der Waals surface area contributed by atoms with Crippen LogP contribution in [-0.2, 0) is 6.54 Å². The van der Waals surface area contributed by atoms with Crippen molar-refractivity contribution < 1.29 is 13.6 Å². The Morgan fingerprint density at radius 1 is 1.14 bits per heavy atom. The molecule has 0 radical (unpaired) electrons. The number of amides is 1. The van der Waals surface area contributed by atoms with E-state index in [9.17, 15) is 18.4 Å². The van der Waals surface area contributed by atoms with E-state index >= 15 is 0 Å². The summed E-state index contributed by atoms with van der Waals surface area (Å²) in [5.41, 5.74) is 1.58. The van der Waals surface area contributed by atoms with Crippen LogP contribution in [0.5, 0.6) is 0 Å². The molecule has 0 aliphatic rings. The SMILES string of the molecule is CCCCn1nc(C(=O)N/N=C/c2c(F)cccc2F)c2ccccc2c1=O. The number of hydrazone groups is 1. The number of rotatable bonds is 6. The van der Waals surface area contributed by atoms with Gasteiger partial charge in [-0.1, -0.05) is 37.6 Å². The molecule has 0 fully saturated rings. The average molecular weight is 384 g/mol. The summed E-state index contributed by atoms with van der Waals surface area (Å²) in [4.78, 5) is 25.1. The Balaban J connectivity index is 1.94. The third-order valence-electron chi connectivity index (χ3n) is 4.17. The van der Waals surface area contributed by atoms with Gasteiger partial charge in [-0.25, -0.2) is 18.9 Å². The van der Waals surface area contributed by atoms with Crippen LogP contribution >= 0.6 is 0 Å². The van der Waals surface area contributed by atoms with Crippen LogP contribution in [0.2, 0.25) is 0 Å². The molecular formula is C20H18F2N4O2. The first-order chi connectivity index (χ1) is 13.5. The monoisotopic (exact) mass is 384 g/mol. The summed E-state index contributed by atoms with van der Waals surface area (Å²) in [7, 11) is 0. The fraction of sp³-hybridized carbons (Fsp3) is 0.200. The van der Waals surface area contributed by atoms with Crippen LogP contribution in [0.4, 0.5) is 8.78 Å². The molecule has 0 unspecified atom stereocenters. The summed E-state index contributed by atoms with van der Waals surface area (Å²) in [6.07, 6.45) is 2.48. The molecule has 8 heteroatoms. The third kappa shape index (κ3) is 3.95. The molecule has 1 N–H and O–H groups in total. The number of hydrogen-bond donors (Lipinski definition) is 1. The van der Waals surface area contributed by atoms with E-state index in [1.807, 2.05) is 6.92 Å². The van der Waals surface area contributed by atoms with Gasteiger partial charge in [0.2, 0.25) is 0 Å². The van der Waals surface area contributed by atoms with E-state index in [0.29, 0.717) is 17.3 Å². The molecule has 0 saturated heterocycles. The van der Waals surface area contributed by atoms with Crippen molar-refractivity contribution in [3.63, 3.8) is 0 Å². The van der Waals surface area contributed by atoms with Gasteiger partial charge in [0, 0.05) is 11.9 Å². The largest absolute Gasteiger partial charge is 0.292 e. The van der Waals surface area contributed by atoms with E-state index in [-0.39, 0.29) is 16.8 Å². The lowest BCUT2D eigenvalue weighted by Gasteiger charge is -2.09. The van der Waals surface area contributed by atoms with Crippen molar-refractivity contribution in [3.05, 3.63) is 75.7 Å². The Morgan fingerprint density at radius 2 is 1.82 bits per heavy atom. The summed E-state index contributed by atoms with van der Waals surface area (Å²) in [6.45, 7) is 2.36. The minimum Gasteiger partial charge on any atom is -0.267 e. The molecule has 1 aromatic heterocycles. The van der Waals surface area contributed by atoms with Crippen LogP contribution in [0.1, 0.15) is 35.8 Å². The lowest BCUT2D eigenvalue weighted by molar-refractivity contribution is 0.0949. The van der Waals surface area contributed by atoms with Crippen molar-refractivity contribution in [1.29, 1.82) is 0 Å². The van der Waals surface area contributed by atoms with Crippen LogP contribution < -0.4 is 11.0 Å². The zero-order valence-electron chi connectivity index (χ0n) is 15.2. The molecule has 3 aromatic rings. The van der Waals surface area contributed by atoms with Gasteiger partial charge in [-0.05, 0) is 24.6 Å². The van der Waals surface area contributed by atoms with Crippen molar-refractivity contribution >= 4 is 22.9 Å². The van der Waals surface area contributed by atoms with Gasteiger partial charge in [-0.2, -0.15) is 10.2 Å². The molecule has 0 bridgehead atoms. The highest BCUT2D eigenvalue weighted by Gasteiger charge is 2.16. The molecule has 3 rings (SSSR count). The Kier molecular flexibility index (Phi) is 5.88. The van der Waals surface area contributed by atoms with E-state index in [4.69, 9.17) is 0 Å². The summed E-state index contributed by atoms with van der Waals surface area (Å²) in [6, 6.07) is 10.0. The smallest absolute Gasteiger partial charge is 0.267 e. The van der Waals surface area contributed by atoms with Gasteiger partial charge in [0.05, 0.1) is 17.2 Å². The zero-order chi connectivity index (χ0) is 20.1. The number of aromatic nitrogens is 2. The van der Waals surface area contributed by atoms with Crippen molar-refractivity contribution in [2.75, 3.05) is 0 Å². The maximum atomic E-state index is 13.6. The van der Waals surface area contributed by atoms with Crippen LogP contribution in [0.3, 0.4) is 0 Å². The maximum absolute atomic E-state index is 13.6. The van der Waals surface area contributed by atoms with Gasteiger partial charge >= 0.3 is 0 Å². The number of carbonyl (C=O) groups is 1. The molecule has 1 amide bonds. The van der Waals surface area contributed by atoms with Crippen LogP contribution in [0.25, 0.3) is 10.8 Å². The van der Waals surface area contributed by atoms with Crippen molar-refractivity contribution in [2.45, 2.75) is 26.3 Å². The number of halogens is 2. The number of nitrogens with zero attached hydrogens (tertiary/aromatic N) is 3. The molecule has 0 aliphatic heterocycles. The molecular weight excluding hydrogens is 366 g/mol. The molecule has 0 spiro atoms. The molecule has 0 atom stereocenters. The minimum atomic E-state index is -0.797. The fourth-order valence-electron chi connectivity index (χ4n) is 2.70. The van der Waals surface area contributed by atoms with Gasteiger partial charge in [-0.3, -0.25) is 9.59 Å². The number of unbranched alkanes of at least 4 members (excludes halogenated alkanes) is 1. The number of fused-ring (bicyclic) bond motifs is 1. The van der Waals surface area contributed by atoms with E-state index in [1.54, 1.807) is 24.3 Å². The lowest BCUT2D eigenvalue weighted by Crippen LogP contribution is -2.29. The summed E-state index contributed by atoms with van der Waals surface area (Å²) in [5, 5.41) is 8.54. The van der Waals surface area contributed by atoms with Crippen molar-refractivity contribution in [3.8, 4) is 0 Å². The standard InChI is InChI=1S/C20H18F2N4O2/c1-2-3-11-26-20(28)14-8-5-4-7-13(14)18(25-26)19(27)24-23-12-15-16(21)9-6-10-17(15)22/h4-10,12H,2-3,11H2,1H3,(H,24,27)/b23-12+. The fourth-order valence-corrected chi connectivity index (χ4v) is 2.70. The summed E-state index contributed by atoms with van der Waals surface area (Å²) >= 11 is 0. The summed E-state index contributed by atoms with van der Waals surface area (Å²) < 4.78 is 28.5. The highest BCUT2D eigenvalue weighted by Crippen LogP contribution is 2.14. The Hall–Kier alpha value is -3.42. The van der Waals surface area contributed by atoms with E-state index in [0.717, 1.165) is 31.2 Å². The van der Waals surface area contributed by atoms with Crippen LogP contribution in [0, 0.1) is 11.6 Å². The number of nitrogens with one attached hydrogen (secondary N) is 1. The number of aryl methyl sites for hydroxylation is 1. The minimum absolute atomic E-state index is 0.0115. The van der Waals surface area contributed by atoms with Crippen LogP contribution in [-0.4, -0.2) is 21.9 Å². The molecule has 0 aliphatic carbocycles. The maximum Gasteiger partial charge on any atom is 0.292 e. The van der Waals surface area contributed by atoms with Crippen molar-refractivity contribution in [1.82, 2.24) is 15.2 Å². The second-order valence-electron chi connectivity index (χ2n) is 6.11. The Bertz CT molecular complexity index is 1090. The Labute approximate surface area is 159 Å². The van der Waals surface area contributed by atoms with Gasteiger partial charge < -0.3 is 0 Å². The molecule has 1 heterocycles. The average Bonchev–Trinajstić information content (AvgIpc) is 2.69. The van der Waals surface area contributed by atoms with E-state index < -0.39 is 17.5 Å². The molecule has 28 heavy (non-hydrogen) atoms. The topological polar surface area (TPSA) is 76.3 Å². The van der Waals surface area contributed by atoms with Gasteiger partial charge in [0.25, 0.3) is 11.5 Å². The first-order valence-electron chi connectivity index (χ1n) is 8.80. The van der Waals surface area contributed by atoms with Gasteiger partial charge in [-0.15, -0.1) is 0 Å². The number of hydrogen-bond acceptors (Lipinski definition) is 4. The highest BCUT2D eigenvalue weighted by molar-refractivity contribution is 6.04. The highest BCUT2D eigenvalue weighted by atomic mass is 19.1. The molecule has 6 nitrogen and oxygen atoms in total. The summed E-state index contributed by atoms with van der Waals surface area (Å²) in [5.74, 6) is -2.28.